The standard InChI is InChI=1S/C24H26N2O3S/c1-17-13-14-21(30(28,29)26-23-12-8-7-9-18(23)2)15-22(17)24(27)25-16-19(3)20-10-5-4-6-11-20/h4-15,19,26H,16H2,1-3H3,(H,25,27). The highest BCUT2D eigenvalue weighted by molar-refractivity contribution is 7.92. The first kappa shape index (κ1) is 21.6. The molecule has 3 rings (SSSR count). The summed E-state index contributed by atoms with van der Waals surface area (Å²) < 4.78 is 28.3. The molecular formula is C24H26N2O3S. The first-order valence-corrected chi connectivity index (χ1v) is 11.3. The highest BCUT2D eigenvalue weighted by Crippen LogP contribution is 2.22. The maximum absolute atomic E-state index is 12.8. The van der Waals surface area contributed by atoms with E-state index in [1.807, 2.05) is 56.3 Å². The second-order valence-electron chi connectivity index (χ2n) is 7.42. The van der Waals surface area contributed by atoms with Crippen LogP contribution in [-0.2, 0) is 10.0 Å². The third kappa shape index (κ3) is 5.07. The van der Waals surface area contributed by atoms with Gasteiger partial charge in [-0.3, -0.25) is 9.52 Å². The third-order valence-corrected chi connectivity index (χ3v) is 6.45. The Morgan fingerprint density at radius 1 is 0.900 bits per heavy atom. The van der Waals surface area contributed by atoms with Gasteiger partial charge in [0.2, 0.25) is 0 Å². The molecule has 30 heavy (non-hydrogen) atoms. The number of hydrogen-bond donors (Lipinski definition) is 2. The molecule has 1 atom stereocenters. The lowest BCUT2D eigenvalue weighted by molar-refractivity contribution is 0.0951. The van der Waals surface area contributed by atoms with Crippen LogP contribution in [0, 0.1) is 13.8 Å². The average Bonchev–Trinajstić information content (AvgIpc) is 2.74. The molecule has 0 aliphatic carbocycles. The first-order chi connectivity index (χ1) is 14.3. The van der Waals surface area contributed by atoms with Gasteiger partial charge in [0.25, 0.3) is 15.9 Å². The highest BCUT2D eigenvalue weighted by Gasteiger charge is 2.19. The zero-order valence-corrected chi connectivity index (χ0v) is 18.2. The minimum Gasteiger partial charge on any atom is -0.351 e. The fourth-order valence-corrected chi connectivity index (χ4v) is 4.30. The molecule has 0 aliphatic heterocycles. The zero-order valence-electron chi connectivity index (χ0n) is 17.3. The molecule has 3 aromatic carbocycles. The molecule has 0 spiro atoms. The average molecular weight is 423 g/mol. The number of amides is 1. The number of benzene rings is 3. The molecule has 1 unspecified atom stereocenters. The number of nitrogens with one attached hydrogen (secondary N) is 2. The summed E-state index contributed by atoms with van der Waals surface area (Å²) in [5.74, 6) is -0.145. The van der Waals surface area contributed by atoms with E-state index in [0.29, 0.717) is 17.8 Å². The van der Waals surface area contributed by atoms with E-state index in [2.05, 4.69) is 10.0 Å². The normalized spacial score (nSPS) is 12.2. The molecule has 0 fully saturated rings. The van der Waals surface area contributed by atoms with Crippen molar-refractivity contribution in [1.82, 2.24) is 5.32 Å². The van der Waals surface area contributed by atoms with Gasteiger partial charge in [-0.25, -0.2) is 8.42 Å². The summed E-state index contributed by atoms with van der Waals surface area (Å²) in [6, 6.07) is 21.7. The first-order valence-electron chi connectivity index (χ1n) is 9.80. The zero-order chi connectivity index (χ0) is 21.7. The van der Waals surface area contributed by atoms with Crippen LogP contribution >= 0.6 is 0 Å². The molecule has 0 saturated carbocycles. The minimum atomic E-state index is -3.81. The number of hydrogen-bond acceptors (Lipinski definition) is 3. The smallest absolute Gasteiger partial charge is 0.261 e. The van der Waals surface area contributed by atoms with Crippen LogP contribution in [0.3, 0.4) is 0 Å². The number of rotatable bonds is 7. The van der Waals surface area contributed by atoms with Crippen LogP contribution in [0.4, 0.5) is 5.69 Å². The van der Waals surface area contributed by atoms with Crippen molar-refractivity contribution < 1.29 is 13.2 Å². The maximum Gasteiger partial charge on any atom is 0.261 e. The van der Waals surface area contributed by atoms with Gasteiger partial charge >= 0.3 is 0 Å². The van der Waals surface area contributed by atoms with E-state index in [-0.39, 0.29) is 16.7 Å². The number of carbonyl (C=O) groups excluding carboxylic acids is 1. The number of aryl methyl sites for hydroxylation is 2. The van der Waals surface area contributed by atoms with E-state index in [0.717, 1.165) is 16.7 Å². The molecule has 0 bridgehead atoms. The lowest BCUT2D eigenvalue weighted by atomic mass is 10.0. The van der Waals surface area contributed by atoms with Crippen molar-refractivity contribution in [2.45, 2.75) is 31.6 Å². The molecule has 0 radical (unpaired) electrons. The van der Waals surface area contributed by atoms with Gasteiger partial charge in [0.15, 0.2) is 0 Å². The predicted octanol–water partition coefficient (Wildman–Crippen LogP) is 4.64. The van der Waals surface area contributed by atoms with Crippen LogP contribution in [-0.4, -0.2) is 20.9 Å². The molecule has 0 aromatic heterocycles. The molecule has 1 amide bonds. The summed E-state index contributed by atoms with van der Waals surface area (Å²) in [7, 11) is -3.81. The predicted molar refractivity (Wildman–Crippen MR) is 120 cm³/mol. The van der Waals surface area contributed by atoms with E-state index >= 15 is 0 Å². The van der Waals surface area contributed by atoms with E-state index in [9.17, 15) is 13.2 Å². The Hall–Kier alpha value is -3.12. The molecule has 0 heterocycles. The summed E-state index contributed by atoms with van der Waals surface area (Å²) in [6.45, 7) is 6.12. The molecule has 0 aliphatic rings. The molecule has 3 aromatic rings. The number of para-hydroxylation sites is 1. The molecular weight excluding hydrogens is 396 g/mol. The maximum atomic E-state index is 12.8. The van der Waals surface area contributed by atoms with Crippen LogP contribution < -0.4 is 10.0 Å². The van der Waals surface area contributed by atoms with Crippen molar-refractivity contribution in [1.29, 1.82) is 0 Å². The van der Waals surface area contributed by atoms with Crippen LogP contribution in [0.25, 0.3) is 0 Å². The van der Waals surface area contributed by atoms with Crippen LogP contribution in [0.1, 0.15) is 39.9 Å². The highest BCUT2D eigenvalue weighted by atomic mass is 32.2. The van der Waals surface area contributed by atoms with Gasteiger partial charge in [-0.2, -0.15) is 0 Å². The van der Waals surface area contributed by atoms with Crippen molar-refractivity contribution >= 4 is 21.6 Å². The monoisotopic (exact) mass is 422 g/mol. The summed E-state index contributed by atoms with van der Waals surface area (Å²) >= 11 is 0. The van der Waals surface area contributed by atoms with Gasteiger partial charge in [0.1, 0.15) is 0 Å². The minimum absolute atomic E-state index is 0.0533. The Kier molecular flexibility index (Phi) is 6.57. The number of anilines is 1. The largest absolute Gasteiger partial charge is 0.351 e. The quantitative estimate of drug-likeness (QED) is 0.583. The second-order valence-corrected chi connectivity index (χ2v) is 9.10. The van der Waals surface area contributed by atoms with Crippen LogP contribution in [0.5, 0.6) is 0 Å². The summed E-state index contributed by atoms with van der Waals surface area (Å²) in [4.78, 5) is 12.8. The fourth-order valence-electron chi connectivity index (χ4n) is 3.14. The van der Waals surface area contributed by atoms with Crippen molar-refractivity contribution in [3.63, 3.8) is 0 Å². The van der Waals surface area contributed by atoms with Gasteiger partial charge in [-0.05, 0) is 54.7 Å². The molecule has 6 heteroatoms. The number of carbonyl (C=O) groups is 1. The lowest BCUT2D eigenvalue weighted by Gasteiger charge is -2.15. The van der Waals surface area contributed by atoms with Crippen molar-refractivity contribution in [2.75, 3.05) is 11.3 Å². The van der Waals surface area contributed by atoms with E-state index in [1.165, 1.54) is 12.1 Å². The Labute approximate surface area is 178 Å². The van der Waals surface area contributed by atoms with Gasteiger partial charge in [0.05, 0.1) is 10.6 Å². The van der Waals surface area contributed by atoms with Crippen LogP contribution in [0.15, 0.2) is 77.7 Å². The summed E-state index contributed by atoms with van der Waals surface area (Å²) in [6.07, 6.45) is 0. The van der Waals surface area contributed by atoms with Gasteiger partial charge in [0, 0.05) is 12.1 Å². The Morgan fingerprint density at radius 2 is 1.57 bits per heavy atom. The van der Waals surface area contributed by atoms with Gasteiger partial charge < -0.3 is 5.32 Å². The van der Waals surface area contributed by atoms with E-state index in [4.69, 9.17) is 0 Å². The van der Waals surface area contributed by atoms with Gasteiger partial charge in [-0.15, -0.1) is 0 Å². The lowest BCUT2D eigenvalue weighted by Crippen LogP contribution is -2.28. The Balaban J connectivity index is 1.77. The second kappa shape index (κ2) is 9.13. The topological polar surface area (TPSA) is 75.3 Å². The summed E-state index contributed by atoms with van der Waals surface area (Å²) in [5.41, 5.74) is 3.53. The number of sulfonamides is 1. The summed E-state index contributed by atoms with van der Waals surface area (Å²) in [5, 5.41) is 2.92. The van der Waals surface area contributed by atoms with E-state index < -0.39 is 10.0 Å². The van der Waals surface area contributed by atoms with Crippen molar-refractivity contribution in [2.24, 2.45) is 0 Å². The SMILES string of the molecule is Cc1ccccc1NS(=O)(=O)c1ccc(C)c(C(=O)NCC(C)c2ccccc2)c1. The van der Waals surface area contributed by atoms with Crippen molar-refractivity contribution in [3.8, 4) is 0 Å². The molecule has 0 saturated heterocycles. The fraction of sp³-hybridized carbons (Fsp3) is 0.208. The molecule has 5 nitrogen and oxygen atoms in total. The van der Waals surface area contributed by atoms with Gasteiger partial charge in [-0.1, -0.05) is 61.5 Å². The Bertz CT molecular complexity index is 1140. The molecule has 156 valence electrons. The third-order valence-electron chi connectivity index (χ3n) is 5.09. The van der Waals surface area contributed by atoms with Crippen LogP contribution in [0.2, 0.25) is 0 Å². The van der Waals surface area contributed by atoms with E-state index in [1.54, 1.807) is 25.1 Å². The Morgan fingerprint density at radius 3 is 2.27 bits per heavy atom. The van der Waals surface area contributed by atoms with Crippen molar-refractivity contribution in [3.05, 3.63) is 95.1 Å². The molecule has 2 N–H and O–H groups in total.